The molecule has 0 atom stereocenters. The number of aromatic nitrogens is 3. The summed E-state index contributed by atoms with van der Waals surface area (Å²) in [4.78, 5) is 37.5. The second-order valence-electron chi connectivity index (χ2n) is 7.26. The monoisotopic (exact) mass is 405 g/mol. The lowest BCUT2D eigenvalue weighted by Crippen LogP contribution is -2.26. The molecule has 8 heteroatoms. The maximum absolute atomic E-state index is 12.6. The average Bonchev–Trinajstić information content (AvgIpc) is 2.96. The number of benzene rings is 1. The Hall–Kier alpha value is -3.52. The molecule has 0 bridgehead atoms. The van der Waals surface area contributed by atoms with Crippen molar-refractivity contribution in [3.63, 3.8) is 0 Å². The van der Waals surface area contributed by atoms with Crippen LogP contribution >= 0.6 is 0 Å². The predicted molar refractivity (Wildman–Crippen MR) is 112 cm³/mol. The quantitative estimate of drug-likeness (QED) is 0.639. The highest BCUT2D eigenvalue weighted by atomic mass is 16.5. The van der Waals surface area contributed by atoms with Crippen molar-refractivity contribution in [1.29, 1.82) is 0 Å². The van der Waals surface area contributed by atoms with Crippen LogP contribution in [0.15, 0.2) is 53.6 Å². The fourth-order valence-corrected chi connectivity index (χ4v) is 3.56. The molecule has 4 rings (SSSR count). The summed E-state index contributed by atoms with van der Waals surface area (Å²) in [6.45, 7) is 2.23. The number of hydrogen-bond donors (Lipinski definition) is 2. The van der Waals surface area contributed by atoms with E-state index in [9.17, 15) is 9.59 Å². The fraction of sp³-hybridized carbons (Fsp3) is 0.273. The summed E-state index contributed by atoms with van der Waals surface area (Å²) < 4.78 is 5.30. The lowest BCUT2D eigenvalue weighted by molar-refractivity contribution is -0.119. The third kappa shape index (κ3) is 4.72. The number of ether oxygens (including phenoxy) is 1. The molecule has 0 radical (unpaired) electrons. The highest BCUT2D eigenvalue weighted by molar-refractivity contribution is 5.75. The number of carbonyl (C=O) groups excluding carboxylic acids is 1. The van der Waals surface area contributed by atoms with E-state index in [1.54, 1.807) is 12.4 Å². The van der Waals surface area contributed by atoms with Crippen molar-refractivity contribution in [1.82, 2.24) is 19.9 Å². The van der Waals surface area contributed by atoms with Gasteiger partial charge in [-0.1, -0.05) is 12.1 Å². The van der Waals surface area contributed by atoms with Gasteiger partial charge in [0.15, 0.2) is 6.61 Å². The van der Waals surface area contributed by atoms with E-state index < -0.39 is 5.91 Å². The van der Waals surface area contributed by atoms with E-state index in [0.717, 1.165) is 42.0 Å². The van der Waals surface area contributed by atoms with E-state index in [2.05, 4.69) is 14.9 Å². The van der Waals surface area contributed by atoms with E-state index in [-0.39, 0.29) is 12.2 Å². The molecule has 3 aromatic rings. The Morgan fingerprint density at radius 1 is 1.17 bits per heavy atom. The molecule has 0 saturated heterocycles. The van der Waals surface area contributed by atoms with Crippen LogP contribution < -0.4 is 16.0 Å². The van der Waals surface area contributed by atoms with Crippen molar-refractivity contribution < 1.29 is 9.53 Å². The minimum atomic E-state index is -0.501. The molecule has 0 unspecified atom stereocenters. The minimum Gasteiger partial charge on any atom is -0.484 e. The van der Waals surface area contributed by atoms with E-state index in [1.807, 2.05) is 36.4 Å². The Kier molecular flexibility index (Phi) is 5.85. The van der Waals surface area contributed by atoms with Crippen molar-refractivity contribution in [2.75, 3.05) is 19.7 Å². The maximum atomic E-state index is 12.6. The molecule has 3 N–H and O–H groups in total. The first-order chi connectivity index (χ1) is 14.6. The van der Waals surface area contributed by atoms with Crippen molar-refractivity contribution in [2.45, 2.75) is 19.4 Å². The molecular formula is C22H23N5O3. The van der Waals surface area contributed by atoms with E-state index in [1.165, 1.54) is 0 Å². The number of nitrogens with zero attached hydrogens (tertiary/aromatic N) is 3. The van der Waals surface area contributed by atoms with Crippen LogP contribution in [0.2, 0.25) is 0 Å². The normalized spacial score (nSPS) is 14.0. The number of H-pyrrole nitrogens is 1. The number of rotatable bonds is 6. The van der Waals surface area contributed by atoms with Crippen molar-refractivity contribution in [3.8, 4) is 17.1 Å². The molecule has 1 aliphatic rings. The van der Waals surface area contributed by atoms with Crippen molar-refractivity contribution in [3.05, 3.63) is 76.0 Å². The van der Waals surface area contributed by atoms with Gasteiger partial charge in [0.2, 0.25) is 0 Å². The fourth-order valence-electron chi connectivity index (χ4n) is 3.56. The van der Waals surface area contributed by atoms with E-state index in [4.69, 9.17) is 15.5 Å². The van der Waals surface area contributed by atoms with Gasteiger partial charge >= 0.3 is 0 Å². The van der Waals surface area contributed by atoms with E-state index >= 15 is 0 Å². The smallest absolute Gasteiger partial charge is 0.255 e. The summed E-state index contributed by atoms with van der Waals surface area (Å²) in [7, 11) is 0. The molecular weight excluding hydrogens is 382 g/mol. The predicted octanol–water partition coefficient (Wildman–Crippen LogP) is 1.30. The molecule has 1 aliphatic heterocycles. The zero-order valence-corrected chi connectivity index (χ0v) is 16.5. The Bertz CT molecular complexity index is 1080. The Labute approximate surface area is 173 Å². The molecule has 1 amide bonds. The largest absolute Gasteiger partial charge is 0.484 e. The summed E-state index contributed by atoms with van der Waals surface area (Å²) in [6.07, 6.45) is 4.76. The standard InChI is InChI=1S/C22H23N5O3/c23-20(28)14-30-17-5-3-15(4-6-17)13-27-10-7-18-19(8-11-27)25-21(26-22(18)29)16-2-1-9-24-12-16/h1-6,9,12H,7-8,10-11,13-14H2,(H2,23,28)(H,25,26,29). The van der Waals surface area contributed by atoms with Crippen LogP contribution in [0.1, 0.15) is 16.8 Å². The van der Waals surface area contributed by atoms with Crippen molar-refractivity contribution in [2.24, 2.45) is 5.73 Å². The zero-order valence-electron chi connectivity index (χ0n) is 16.5. The van der Waals surface area contributed by atoms with Gasteiger partial charge in [-0.3, -0.25) is 19.5 Å². The van der Waals surface area contributed by atoms with E-state index in [0.29, 0.717) is 24.4 Å². The van der Waals surface area contributed by atoms with Crippen LogP contribution in [0.5, 0.6) is 5.75 Å². The third-order valence-corrected chi connectivity index (χ3v) is 5.09. The van der Waals surface area contributed by atoms with Crippen LogP contribution in [0, 0.1) is 0 Å². The summed E-state index contributed by atoms with van der Waals surface area (Å²) in [5.41, 5.74) is 8.58. The molecule has 154 valence electrons. The Morgan fingerprint density at radius 2 is 1.97 bits per heavy atom. The molecule has 0 aliphatic carbocycles. The number of nitrogens with two attached hydrogens (primary N) is 1. The van der Waals surface area contributed by atoms with Gasteiger partial charge in [0.1, 0.15) is 11.6 Å². The van der Waals surface area contributed by atoms with Crippen LogP contribution in [0.4, 0.5) is 0 Å². The molecule has 1 aromatic carbocycles. The molecule has 30 heavy (non-hydrogen) atoms. The first-order valence-corrected chi connectivity index (χ1v) is 9.83. The highest BCUT2D eigenvalue weighted by Crippen LogP contribution is 2.18. The molecule has 3 heterocycles. The molecule has 0 fully saturated rings. The van der Waals surface area contributed by atoms with Gasteiger partial charge in [-0.05, 0) is 36.2 Å². The van der Waals surface area contributed by atoms with Gasteiger partial charge in [-0.2, -0.15) is 0 Å². The first kappa shape index (κ1) is 19.8. The van der Waals surface area contributed by atoms with Gasteiger partial charge < -0.3 is 15.5 Å². The lowest BCUT2D eigenvalue weighted by Gasteiger charge is -2.19. The first-order valence-electron chi connectivity index (χ1n) is 9.83. The second kappa shape index (κ2) is 8.87. The number of amides is 1. The average molecular weight is 405 g/mol. The summed E-state index contributed by atoms with van der Waals surface area (Å²) in [6, 6.07) is 11.3. The number of primary amides is 1. The number of aromatic amines is 1. The third-order valence-electron chi connectivity index (χ3n) is 5.09. The van der Waals surface area contributed by atoms with Crippen LogP contribution in [0.25, 0.3) is 11.4 Å². The SMILES string of the molecule is NC(=O)COc1ccc(CN2CCc3nc(-c4cccnc4)[nH]c(=O)c3CC2)cc1. The van der Waals surface area contributed by atoms with Gasteiger partial charge in [0, 0.05) is 49.6 Å². The maximum Gasteiger partial charge on any atom is 0.255 e. The molecule has 0 saturated carbocycles. The number of hydrogen-bond acceptors (Lipinski definition) is 6. The highest BCUT2D eigenvalue weighted by Gasteiger charge is 2.19. The Balaban J connectivity index is 1.43. The van der Waals surface area contributed by atoms with Gasteiger partial charge in [-0.25, -0.2) is 4.98 Å². The van der Waals surface area contributed by atoms with Crippen LogP contribution in [0.3, 0.4) is 0 Å². The molecule has 8 nitrogen and oxygen atoms in total. The topological polar surface area (TPSA) is 114 Å². The van der Waals surface area contributed by atoms with Crippen LogP contribution in [-0.4, -0.2) is 45.5 Å². The van der Waals surface area contributed by atoms with Gasteiger partial charge in [-0.15, -0.1) is 0 Å². The number of pyridine rings is 1. The molecule has 2 aromatic heterocycles. The lowest BCUT2D eigenvalue weighted by atomic mass is 10.1. The molecule has 0 spiro atoms. The summed E-state index contributed by atoms with van der Waals surface area (Å²) >= 11 is 0. The number of nitrogens with one attached hydrogen (secondary N) is 1. The van der Waals surface area contributed by atoms with Gasteiger partial charge in [0.25, 0.3) is 11.5 Å². The van der Waals surface area contributed by atoms with Crippen molar-refractivity contribution >= 4 is 5.91 Å². The second-order valence-corrected chi connectivity index (χ2v) is 7.26. The summed E-state index contributed by atoms with van der Waals surface area (Å²) in [5, 5.41) is 0. The number of carbonyl (C=O) groups is 1. The number of fused-ring (bicyclic) bond motifs is 1. The van der Waals surface area contributed by atoms with Gasteiger partial charge in [0.05, 0.1) is 5.69 Å². The summed E-state index contributed by atoms with van der Waals surface area (Å²) in [5.74, 6) is 0.671. The zero-order chi connectivity index (χ0) is 20.9. The minimum absolute atomic E-state index is 0.0725. The van der Waals surface area contributed by atoms with Crippen LogP contribution in [-0.2, 0) is 24.2 Å². The Morgan fingerprint density at radius 3 is 2.70 bits per heavy atom.